The maximum atomic E-state index is 13.5. The van der Waals surface area contributed by atoms with Crippen molar-refractivity contribution in [3.8, 4) is 28.6 Å². The Morgan fingerprint density at radius 2 is 1.59 bits per heavy atom. The second-order valence-electron chi connectivity index (χ2n) is 7.81. The van der Waals surface area contributed by atoms with Crippen molar-refractivity contribution in [2.75, 3.05) is 20.8 Å². The predicted molar refractivity (Wildman–Crippen MR) is 127 cm³/mol. The maximum Gasteiger partial charge on any atom is 0.235 e. The van der Waals surface area contributed by atoms with E-state index in [4.69, 9.17) is 18.6 Å². The van der Waals surface area contributed by atoms with Gasteiger partial charge in [-0.25, -0.2) is 4.39 Å². The number of Topliss-reactive ketones (excluding diaryl/α,β-unsaturated/α-hetero) is 1. The summed E-state index contributed by atoms with van der Waals surface area (Å²) in [4.78, 5) is 26.1. The van der Waals surface area contributed by atoms with Crippen LogP contribution in [0.15, 0.2) is 63.8 Å². The molecule has 0 bridgehead atoms. The van der Waals surface area contributed by atoms with Crippen molar-refractivity contribution in [2.45, 2.75) is 13.8 Å². The highest BCUT2D eigenvalue weighted by Crippen LogP contribution is 2.37. The van der Waals surface area contributed by atoms with Gasteiger partial charge >= 0.3 is 0 Å². The van der Waals surface area contributed by atoms with Gasteiger partial charge in [-0.3, -0.25) is 9.59 Å². The third kappa shape index (κ3) is 4.37. The second-order valence-corrected chi connectivity index (χ2v) is 7.81. The third-order valence-electron chi connectivity index (χ3n) is 5.62. The SMILES string of the molecule is COc1ccc(-c2oc3cc(C)c(C)cc3c(=O)c2OCC(=O)c2ccc(F)cc2)cc1OC. The van der Waals surface area contributed by atoms with Gasteiger partial charge in [-0.15, -0.1) is 0 Å². The molecule has 1 heterocycles. The molecule has 0 fully saturated rings. The molecule has 0 N–H and O–H groups in total. The van der Waals surface area contributed by atoms with Gasteiger partial charge in [0.2, 0.25) is 11.2 Å². The van der Waals surface area contributed by atoms with Gasteiger partial charge in [-0.2, -0.15) is 0 Å². The van der Waals surface area contributed by atoms with Crippen molar-refractivity contribution in [3.05, 3.63) is 87.3 Å². The molecule has 34 heavy (non-hydrogen) atoms. The number of hydrogen-bond donors (Lipinski definition) is 0. The smallest absolute Gasteiger partial charge is 0.235 e. The molecule has 1 aromatic heterocycles. The lowest BCUT2D eigenvalue weighted by atomic mass is 10.0. The molecule has 3 aromatic carbocycles. The summed E-state index contributed by atoms with van der Waals surface area (Å²) in [5.41, 5.74) is 2.67. The van der Waals surface area contributed by atoms with Crippen LogP contribution in [0, 0.1) is 19.7 Å². The highest BCUT2D eigenvalue weighted by atomic mass is 19.1. The van der Waals surface area contributed by atoms with Crippen molar-refractivity contribution in [1.82, 2.24) is 0 Å². The minimum Gasteiger partial charge on any atom is -0.493 e. The molecular weight excluding hydrogens is 439 g/mol. The monoisotopic (exact) mass is 462 g/mol. The summed E-state index contributed by atoms with van der Waals surface area (Å²) in [6.07, 6.45) is 0. The molecule has 0 unspecified atom stereocenters. The van der Waals surface area contributed by atoms with Gasteiger partial charge in [-0.1, -0.05) is 0 Å². The summed E-state index contributed by atoms with van der Waals surface area (Å²) in [5, 5.41) is 0.344. The van der Waals surface area contributed by atoms with Gasteiger partial charge in [0.15, 0.2) is 29.6 Å². The van der Waals surface area contributed by atoms with E-state index in [1.807, 2.05) is 13.8 Å². The first-order chi connectivity index (χ1) is 16.3. The molecule has 0 radical (unpaired) electrons. The zero-order valence-electron chi connectivity index (χ0n) is 19.2. The van der Waals surface area contributed by atoms with E-state index in [9.17, 15) is 14.0 Å². The van der Waals surface area contributed by atoms with Gasteiger partial charge in [0.25, 0.3) is 0 Å². The summed E-state index contributed by atoms with van der Waals surface area (Å²) in [5.74, 6) is 0.157. The molecule has 7 heteroatoms. The molecule has 4 rings (SSSR count). The second kappa shape index (κ2) is 9.39. The van der Waals surface area contributed by atoms with Crippen LogP contribution in [0.5, 0.6) is 17.2 Å². The topological polar surface area (TPSA) is 75.0 Å². The van der Waals surface area contributed by atoms with Gasteiger partial charge in [-0.05, 0) is 79.6 Å². The van der Waals surface area contributed by atoms with E-state index in [0.29, 0.717) is 28.0 Å². The van der Waals surface area contributed by atoms with Crippen LogP contribution in [0.25, 0.3) is 22.3 Å². The van der Waals surface area contributed by atoms with Crippen LogP contribution >= 0.6 is 0 Å². The maximum absolute atomic E-state index is 13.5. The van der Waals surface area contributed by atoms with Crippen LogP contribution in [0.1, 0.15) is 21.5 Å². The summed E-state index contributed by atoms with van der Waals surface area (Å²) < 4.78 is 35.8. The van der Waals surface area contributed by atoms with Crippen molar-refractivity contribution in [2.24, 2.45) is 0 Å². The minimum absolute atomic E-state index is 0.0987. The first-order valence-electron chi connectivity index (χ1n) is 10.5. The fourth-order valence-corrected chi connectivity index (χ4v) is 3.59. The van der Waals surface area contributed by atoms with Crippen LogP contribution in [0.3, 0.4) is 0 Å². The molecule has 0 aliphatic rings. The Kier molecular flexibility index (Phi) is 6.36. The zero-order valence-corrected chi connectivity index (χ0v) is 19.2. The normalized spacial score (nSPS) is 10.9. The van der Waals surface area contributed by atoms with Crippen molar-refractivity contribution < 1.29 is 27.8 Å². The van der Waals surface area contributed by atoms with Crippen LogP contribution < -0.4 is 19.6 Å². The van der Waals surface area contributed by atoms with Crippen molar-refractivity contribution in [3.63, 3.8) is 0 Å². The van der Waals surface area contributed by atoms with E-state index >= 15 is 0 Å². The van der Waals surface area contributed by atoms with Crippen LogP contribution in [-0.4, -0.2) is 26.6 Å². The molecule has 0 aliphatic carbocycles. The fourth-order valence-electron chi connectivity index (χ4n) is 3.59. The van der Waals surface area contributed by atoms with Crippen LogP contribution in [0.2, 0.25) is 0 Å². The molecule has 0 saturated carbocycles. The highest BCUT2D eigenvalue weighted by Gasteiger charge is 2.21. The number of halogens is 1. The van der Waals surface area contributed by atoms with E-state index in [-0.39, 0.29) is 17.1 Å². The number of carbonyl (C=O) groups is 1. The zero-order chi connectivity index (χ0) is 24.4. The van der Waals surface area contributed by atoms with Gasteiger partial charge < -0.3 is 18.6 Å². The molecule has 0 amide bonds. The summed E-state index contributed by atoms with van der Waals surface area (Å²) in [6.45, 7) is 3.40. The van der Waals surface area contributed by atoms with Crippen LogP contribution in [-0.2, 0) is 0 Å². The lowest BCUT2D eigenvalue weighted by Crippen LogP contribution is -2.17. The number of ether oxygens (including phenoxy) is 3. The number of carbonyl (C=O) groups excluding carboxylic acids is 1. The van der Waals surface area contributed by atoms with Gasteiger partial charge in [0.05, 0.1) is 19.6 Å². The van der Waals surface area contributed by atoms with Gasteiger partial charge in [0, 0.05) is 11.1 Å². The molecule has 0 aliphatic heterocycles. The Labute approximate surface area is 195 Å². The summed E-state index contributed by atoms with van der Waals surface area (Å²) in [7, 11) is 3.03. The molecule has 0 saturated heterocycles. The number of fused-ring (bicyclic) bond motifs is 1. The lowest BCUT2D eigenvalue weighted by Gasteiger charge is -2.14. The van der Waals surface area contributed by atoms with Crippen molar-refractivity contribution >= 4 is 16.8 Å². The standard InChI is InChI=1S/C27H23FO6/c1-15-11-20-23(12-16(15)2)34-26(18-7-10-22(31-3)24(13-18)32-4)27(25(20)30)33-14-21(29)17-5-8-19(28)9-6-17/h5-13H,14H2,1-4H3. The number of aryl methyl sites for hydroxylation is 2. The summed E-state index contributed by atoms with van der Waals surface area (Å²) >= 11 is 0. The van der Waals surface area contributed by atoms with E-state index in [1.165, 1.54) is 38.5 Å². The molecule has 4 aromatic rings. The molecule has 0 spiro atoms. The predicted octanol–water partition coefficient (Wildman–Crippen LogP) is 5.49. The van der Waals surface area contributed by atoms with E-state index < -0.39 is 23.6 Å². The Morgan fingerprint density at radius 3 is 2.26 bits per heavy atom. The molecule has 0 atom stereocenters. The quantitative estimate of drug-likeness (QED) is 0.338. The lowest BCUT2D eigenvalue weighted by molar-refractivity contribution is 0.0920. The third-order valence-corrected chi connectivity index (χ3v) is 5.62. The van der Waals surface area contributed by atoms with E-state index in [2.05, 4.69) is 0 Å². The first-order valence-corrected chi connectivity index (χ1v) is 10.5. The first kappa shape index (κ1) is 23.0. The number of rotatable bonds is 7. The number of methoxy groups -OCH3 is 2. The van der Waals surface area contributed by atoms with E-state index in [0.717, 1.165) is 11.1 Å². The van der Waals surface area contributed by atoms with Crippen molar-refractivity contribution in [1.29, 1.82) is 0 Å². The van der Waals surface area contributed by atoms with Crippen LogP contribution in [0.4, 0.5) is 4.39 Å². The number of ketones is 1. The summed E-state index contributed by atoms with van der Waals surface area (Å²) in [6, 6.07) is 13.7. The number of hydrogen-bond acceptors (Lipinski definition) is 6. The Balaban J connectivity index is 1.83. The average molecular weight is 462 g/mol. The average Bonchev–Trinajstić information content (AvgIpc) is 2.84. The van der Waals surface area contributed by atoms with E-state index in [1.54, 1.807) is 30.3 Å². The molecule has 6 nitrogen and oxygen atoms in total. The molecule has 174 valence electrons. The Morgan fingerprint density at radius 1 is 0.912 bits per heavy atom. The van der Waals surface area contributed by atoms with Gasteiger partial charge in [0.1, 0.15) is 11.4 Å². The Hall–Kier alpha value is -4.13. The largest absolute Gasteiger partial charge is 0.493 e. The molecular formula is C27H23FO6. The minimum atomic E-state index is -0.450. The fraction of sp³-hybridized carbons (Fsp3) is 0.185. The Bertz CT molecular complexity index is 1440. The highest BCUT2D eigenvalue weighted by molar-refractivity contribution is 5.97. The number of benzene rings is 3.